The number of carbonyl (C=O) groups excluding carboxylic acids is 4. The Kier molecular flexibility index (Phi) is 26.0. The van der Waals surface area contributed by atoms with Crippen LogP contribution < -0.4 is 21.7 Å². The van der Waals surface area contributed by atoms with Crippen molar-refractivity contribution in [2.75, 3.05) is 0 Å². The van der Waals surface area contributed by atoms with E-state index in [0.717, 1.165) is 96.5 Å². The Morgan fingerprint density at radius 1 is 0.488 bits per heavy atom. The maximum atomic E-state index is 13.0. The van der Waals surface area contributed by atoms with E-state index >= 15 is 0 Å². The molecule has 5 aliphatic carbocycles. The Morgan fingerprint density at radius 3 is 1.10 bits per heavy atom. The van der Waals surface area contributed by atoms with Crippen molar-refractivity contribution in [1.29, 1.82) is 0 Å². The molecule has 0 bridgehead atoms. The van der Waals surface area contributed by atoms with Gasteiger partial charge in [0.25, 0.3) is 5.91 Å². The molecule has 23 heteroatoms. The smallest absolute Gasteiger partial charge is 0.353 e. The number of ketones is 1. The van der Waals surface area contributed by atoms with Crippen LogP contribution in [0.2, 0.25) is 50.2 Å². The fourth-order valence-corrected chi connectivity index (χ4v) is 13.1. The summed E-state index contributed by atoms with van der Waals surface area (Å²) in [4.78, 5) is 48.8. The number of benzene rings is 5. The summed E-state index contributed by atoms with van der Waals surface area (Å²) in [7, 11) is 0. The van der Waals surface area contributed by atoms with E-state index in [1.54, 1.807) is 62.4 Å². The topological polar surface area (TPSA) is 143 Å². The van der Waals surface area contributed by atoms with Crippen molar-refractivity contribution < 1.29 is 32.3 Å². The largest absolute Gasteiger partial charge is 0.434 e. The molecule has 0 aliphatic heterocycles. The van der Waals surface area contributed by atoms with E-state index in [1.165, 1.54) is 6.07 Å². The minimum Gasteiger partial charge on any atom is -0.353 e. The van der Waals surface area contributed by atoms with Crippen LogP contribution >= 0.6 is 128 Å². The van der Waals surface area contributed by atoms with Crippen LogP contribution in [-0.2, 0) is 20.6 Å². The molecule has 0 saturated heterocycles. The predicted octanol–water partition coefficient (Wildman–Crippen LogP) is 18.9. The number of halogens is 14. The lowest BCUT2D eigenvalue weighted by molar-refractivity contribution is -0.141. The number of carbonyl (C=O) groups is 4. The summed E-state index contributed by atoms with van der Waals surface area (Å²) < 4.78 is 39.0. The third-order valence-electron chi connectivity index (χ3n) is 15.4. The molecule has 3 unspecified atom stereocenters. The summed E-state index contributed by atoms with van der Waals surface area (Å²) >= 11 is 59.6. The number of nitrogens with one attached hydrogen (secondary N) is 3. The molecule has 1 aromatic heterocycles. The zero-order chi connectivity index (χ0) is 60.4. The second-order valence-corrected chi connectivity index (χ2v) is 25.1. The molecular formula is C61H59Cl11F3N5O4. The van der Waals surface area contributed by atoms with Gasteiger partial charge in [-0.05, 0) is 158 Å². The van der Waals surface area contributed by atoms with E-state index < -0.39 is 23.3 Å². The number of rotatable bonds is 9. The predicted molar refractivity (Wildman–Crippen MR) is 338 cm³/mol. The molecular weight excluding hydrogens is 1310 g/mol. The highest BCUT2D eigenvalue weighted by atomic mass is 35.5. The van der Waals surface area contributed by atoms with E-state index in [4.69, 9.17) is 122 Å². The molecule has 450 valence electrons. The second kappa shape index (κ2) is 31.4. The number of nitrogens with two attached hydrogens (primary N) is 1. The summed E-state index contributed by atoms with van der Waals surface area (Å²) in [5.74, 6) is 0.570. The van der Waals surface area contributed by atoms with E-state index in [1.807, 2.05) is 42.5 Å². The molecule has 3 amide bonds. The summed E-state index contributed by atoms with van der Waals surface area (Å²) in [6.07, 6.45) is 5.77. The van der Waals surface area contributed by atoms with Gasteiger partial charge in [0.1, 0.15) is 5.78 Å². The fourth-order valence-electron chi connectivity index (χ4n) is 10.4. The van der Waals surface area contributed by atoms with Gasteiger partial charge >= 0.3 is 6.18 Å². The fraction of sp³-hybridized carbons (Fsp3) is 0.361. The number of hydrogen-bond acceptors (Lipinski definition) is 6. The molecule has 1 heterocycles. The molecule has 0 spiro atoms. The van der Waals surface area contributed by atoms with Gasteiger partial charge in [0.05, 0.1) is 5.56 Å². The maximum absolute atomic E-state index is 13.0. The number of alkyl halides is 3. The Bertz CT molecular complexity index is 3240. The van der Waals surface area contributed by atoms with Crippen LogP contribution in [0.1, 0.15) is 152 Å². The zero-order valence-electron chi connectivity index (χ0n) is 45.1. The van der Waals surface area contributed by atoms with Crippen molar-refractivity contribution in [2.24, 2.45) is 5.73 Å². The minimum atomic E-state index is -4.69. The van der Waals surface area contributed by atoms with E-state index in [-0.39, 0.29) is 66.0 Å². The van der Waals surface area contributed by atoms with Crippen molar-refractivity contribution in [2.45, 2.75) is 138 Å². The Labute approximate surface area is 543 Å². The van der Waals surface area contributed by atoms with Gasteiger partial charge in [-0.2, -0.15) is 13.2 Å². The molecule has 5 aromatic carbocycles. The van der Waals surface area contributed by atoms with E-state index in [2.05, 4.69) is 20.9 Å². The molecule has 5 aliphatic rings. The van der Waals surface area contributed by atoms with E-state index in [9.17, 15) is 32.3 Å². The summed E-state index contributed by atoms with van der Waals surface area (Å²) in [5.41, 5.74) is 9.24. The number of nitrogens with zero attached hydrogens (tertiary/aromatic N) is 1. The van der Waals surface area contributed by atoms with Crippen molar-refractivity contribution in [1.82, 2.24) is 20.9 Å². The van der Waals surface area contributed by atoms with E-state index in [0.29, 0.717) is 75.8 Å². The molecule has 0 radical (unpaired) electrons. The first-order valence-corrected chi connectivity index (χ1v) is 30.5. The van der Waals surface area contributed by atoms with Crippen molar-refractivity contribution in [3.8, 4) is 0 Å². The second-order valence-electron chi connectivity index (χ2n) is 20.9. The minimum absolute atomic E-state index is 0. The number of amides is 3. The first-order chi connectivity index (χ1) is 39.3. The lowest BCUT2D eigenvalue weighted by Crippen LogP contribution is -2.46. The van der Waals surface area contributed by atoms with Crippen molar-refractivity contribution >= 4 is 152 Å². The molecule has 5 saturated carbocycles. The van der Waals surface area contributed by atoms with Gasteiger partial charge in [0, 0.05) is 130 Å². The highest BCUT2D eigenvalue weighted by Crippen LogP contribution is 2.45. The van der Waals surface area contributed by atoms with Gasteiger partial charge in [-0.1, -0.05) is 146 Å². The normalized spacial score (nSPS) is 22.5. The van der Waals surface area contributed by atoms with Crippen LogP contribution in [0.15, 0.2) is 109 Å². The number of hydrogen-bond donors (Lipinski definition) is 4. The Hall–Kier alpha value is -3.73. The summed E-state index contributed by atoms with van der Waals surface area (Å²) in [6.45, 7) is 3.08. The molecule has 9 nitrogen and oxygen atoms in total. The van der Waals surface area contributed by atoms with Gasteiger partial charge in [-0.3, -0.25) is 24.2 Å². The first-order valence-electron chi connectivity index (χ1n) is 26.7. The monoisotopic (exact) mass is 1370 g/mol. The SMILES string of the molecule is CC(=O)NC1CCC1c1ccc(Cl)cc1Cl.CC(=O)N[C@H]1CC[C@H]1c1ccc(Cl)cc1Cl.Cl.N[C@H]1CC[C@H]1c1ccc(Cl)cc1Cl.O=C(N[C@H]1CC[C@H]1c1ccc(Cl)cc1Cl)c1cccnc1C(F)(F)F.O=C1CCC1c1ccc(Cl)cc1Cl. The zero-order valence-corrected chi connectivity index (χ0v) is 53.5. The number of Topliss-reactive ketones (excluding diaryl/α,β-unsaturated/α-hetero) is 1. The van der Waals surface area contributed by atoms with Crippen molar-refractivity contribution in [3.05, 3.63) is 199 Å². The highest BCUT2D eigenvalue weighted by molar-refractivity contribution is 6.37. The van der Waals surface area contributed by atoms with Crippen molar-refractivity contribution in [3.63, 3.8) is 0 Å². The Morgan fingerprint density at radius 2 is 0.833 bits per heavy atom. The van der Waals surface area contributed by atoms with Gasteiger partial charge in [0.2, 0.25) is 11.8 Å². The van der Waals surface area contributed by atoms with Gasteiger partial charge < -0.3 is 21.7 Å². The van der Waals surface area contributed by atoms with Gasteiger partial charge in [0.15, 0.2) is 5.69 Å². The van der Waals surface area contributed by atoms with Gasteiger partial charge in [-0.15, -0.1) is 12.4 Å². The van der Waals surface area contributed by atoms with Crippen LogP contribution in [0.25, 0.3) is 0 Å². The van der Waals surface area contributed by atoms with Gasteiger partial charge in [-0.25, -0.2) is 0 Å². The molecule has 9 atom stereocenters. The van der Waals surface area contributed by atoms with Crippen LogP contribution in [0.5, 0.6) is 0 Å². The quantitative estimate of drug-likeness (QED) is 0.114. The molecule has 11 rings (SSSR count). The lowest BCUT2D eigenvalue weighted by atomic mass is 9.75. The lowest BCUT2D eigenvalue weighted by Gasteiger charge is -2.38. The Balaban J connectivity index is 0.000000172. The summed E-state index contributed by atoms with van der Waals surface area (Å²) in [6, 6.07) is 29.9. The first kappa shape index (κ1) is 69.4. The average molecular weight is 1370 g/mol. The average Bonchev–Trinajstić information content (AvgIpc) is 3.56. The molecule has 6 aromatic rings. The van der Waals surface area contributed by atoms with Crippen LogP contribution in [0.4, 0.5) is 13.2 Å². The standard InChI is InChI=1S/C17H13Cl2F3N2O.2C12H13Cl2NO.C10H11Cl2N.C10H8Cl2O.ClH/c18-9-3-4-10(13(19)8-9)11-5-6-14(11)24-16(25)12-2-1-7-23-15(12)17(20,21)22;2*1-7(16)15-12-5-4-10(12)9-3-2-8(13)6-11(9)14;2*11-6-1-2-7(9(12)5-6)8-3-4-10(8)13;/h1-4,7-8,11,14H,5-6H2,(H,24,25);2*2-3,6,10,12H,4-5H2,1H3,(H,15,16);1-2,5,8,10H,3-4,13H2;1-2,5,8H,3-4H2;1H/t11-,14-;10-,12-;;8-,10-;;/m00.0../s1. The third kappa shape index (κ3) is 18.4. The van der Waals surface area contributed by atoms with Crippen LogP contribution in [-0.4, -0.2) is 52.7 Å². The maximum Gasteiger partial charge on any atom is 0.434 e. The molecule has 84 heavy (non-hydrogen) atoms. The third-order valence-corrected chi connectivity index (χ3v) is 18.2. The summed E-state index contributed by atoms with van der Waals surface area (Å²) in [5, 5.41) is 14.8. The number of pyridine rings is 1. The highest BCUT2D eigenvalue weighted by Gasteiger charge is 2.40. The molecule has 5 N–H and O–H groups in total. The van der Waals surface area contributed by atoms with Crippen LogP contribution in [0.3, 0.4) is 0 Å². The van der Waals surface area contributed by atoms with Crippen LogP contribution in [0, 0.1) is 0 Å². The molecule has 5 fully saturated rings. The number of aromatic nitrogens is 1.